The molecule has 0 amide bonds. The van der Waals surface area contributed by atoms with Crippen LogP contribution in [-0.2, 0) is 0 Å². The van der Waals surface area contributed by atoms with E-state index < -0.39 is 0 Å². The molecule has 0 spiro atoms. The van der Waals surface area contributed by atoms with Crippen LogP contribution in [0.2, 0.25) is 0 Å². The Hall–Kier alpha value is -12.9. The summed E-state index contributed by atoms with van der Waals surface area (Å²) in [5.74, 6) is 0. The van der Waals surface area contributed by atoms with E-state index in [1.54, 1.807) is 0 Å². The molecule has 110 heavy (non-hydrogen) atoms. The molecule has 0 N–H and O–H groups in total. The zero-order valence-electron chi connectivity index (χ0n) is 58.7. The van der Waals surface area contributed by atoms with Crippen LogP contribution in [0.15, 0.2) is 413 Å². The molecule has 4 heterocycles. The van der Waals surface area contributed by atoms with Crippen molar-refractivity contribution < 1.29 is 0 Å². The van der Waals surface area contributed by atoms with Crippen molar-refractivity contribution in [2.24, 2.45) is 0 Å². The number of thiophene rings is 4. The summed E-state index contributed by atoms with van der Waals surface area (Å²) < 4.78 is 7.83. The topological polar surface area (TPSA) is 13.0 Å². The molecular weight excluding hydrogens is 1410 g/mol. The highest BCUT2D eigenvalue weighted by molar-refractivity contribution is 7.27. The zero-order chi connectivity index (χ0) is 71.7. The molecule has 0 atom stereocenters. The average molecular weight is 1490 g/mol. The highest BCUT2D eigenvalue weighted by Crippen LogP contribution is 2.49. The molecule has 0 aliphatic carbocycles. The molecule has 0 fully saturated rings. The van der Waals surface area contributed by atoms with E-state index in [0.717, 1.165) is 56.9 Å². The molecule has 4 nitrogen and oxygen atoms in total. The summed E-state index contributed by atoms with van der Waals surface area (Å²) in [7, 11) is 0. The van der Waals surface area contributed by atoms with Crippen molar-refractivity contribution in [2.75, 3.05) is 19.6 Å². The van der Waals surface area contributed by atoms with E-state index in [9.17, 15) is 0 Å². The van der Waals surface area contributed by atoms with Gasteiger partial charge in [0.25, 0.3) is 0 Å². The third kappa shape index (κ3) is 13.8. The summed E-state index contributed by atoms with van der Waals surface area (Å²) in [5, 5.41) is 7.79. The van der Waals surface area contributed by atoms with Crippen molar-refractivity contribution in [3.8, 4) is 43.1 Å². The number of para-hydroxylation sites is 4. The fourth-order valence-electron chi connectivity index (χ4n) is 14.9. The minimum absolute atomic E-state index is 0. The average Bonchev–Trinajstić information content (AvgIpc) is 1.58. The van der Waals surface area contributed by atoms with Gasteiger partial charge in [-0.2, -0.15) is 0 Å². The molecule has 16 aromatic carbocycles. The second kappa shape index (κ2) is 31.1. The molecule has 20 rings (SSSR count). The van der Waals surface area contributed by atoms with Crippen molar-refractivity contribution in [3.63, 3.8) is 0 Å². The van der Waals surface area contributed by atoms with Crippen molar-refractivity contribution in [1.29, 1.82) is 0 Å². The van der Waals surface area contributed by atoms with Crippen LogP contribution in [0.3, 0.4) is 0 Å². The Labute approximate surface area is 659 Å². The molecule has 0 unspecified atom stereocenters. The fraction of sp³-hybridized carbons (Fsp3) is 0.0196. The minimum atomic E-state index is 0. The number of hydrogen-bond donors (Lipinski definition) is 0. The van der Waals surface area contributed by atoms with E-state index in [0.29, 0.717) is 0 Å². The lowest BCUT2D eigenvalue weighted by molar-refractivity contribution is 1.28. The van der Waals surface area contributed by atoms with E-state index >= 15 is 0 Å². The number of benzene rings is 16. The number of fused-ring (bicyclic) bond motifs is 8. The quantitative estimate of drug-likeness (QED) is 0.0956. The van der Waals surface area contributed by atoms with Crippen LogP contribution in [0.1, 0.15) is 14.9 Å². The smallest absolute Gasteiger partial charge is 0.0640 e. The van der Waals surface area contributed by atoms with E-state index in [2.05, 4.69) is 432 Å². The summed E-state index contributed by atoms with van der Waals surface area (Å²) in [5.41, 5.74) is 20.8. The van der Waals surface area contributed by atoms with Crippen LogP contribution in [-0.4, -0.2) is 0 Å². The van der Waals surface area contributed by atoms with Crippen molar-refractivity contribution >= 4 is 174 Å². The SMILES string of the molecule is C.C.c1ccc(N(c2ccc(-c3ccc(N(c4ccccc4)c4ccc(-c5cc6ccccc6s5)cc4)cc3)cc2)c2ccc(-c3cc4ccccc4s3)cc2)cc1.c1ccc(N(c2ccc(-c3ccc(N(c4ccccc4)c4cccc5c4sc4ccccc45)cc3)cc2)c2cccc3c2sc2ccccc23)cc1. The third-order valence-electron chi connectivity index (χ3n) is 20.1. The van der Waals surface area contributed by atoms with Gasteiger partial charge in [0.2, 0.25) is 0 Å². The van der Waals surface area contributed by atoms with Crippen LogP contribution in [0, 0.1) is 0 Å². The Morgan fingerprint density at radius 3 is 0.709 bits per heavy atom. The zero-order valence-corrected chi connectivity index (χ0v) is 61.9. The minimum Gasteiger partial charge on any atom is -0.311 e. The summed E-state index contributed by atoms with van der Waals surface area (Å²) in [4.78, 5) is 12.0. The highest BCUT2D eigenvalue weighted by atomic mass is 32.1. The number of hydrogen-bond acceptors (Lipinski definition) is 8. The van der Waals surface area contributed by atoms with Crippen molar-refractivity contribution in [1.82, 2.24) is 0 Å². The molecule has 4 aromatic heterocycles. The molecule has 8 heteroatoms. The van der Waals surface area contributed by atoms with Gasteiger partial charge in [-0.05, 0) is 214 Å². The summed E-state index contributed by atoms with van der Waals surface area (Å²) in [6.45, 7) is 0. The molecule has 0 radical (unpaired) electrons. The van der Waals surface area contributed by atoms with Gasteiger partial charge in [0, 0.05) is 107 Å². The maximum absolute atomic E-state index is 2.39. The van der Waals surface area contributed by atoms with Crippen LogP contribution in [0.4, 0.5) is 68.2 Å². The van der Waals surface area contributed by atoms with Gasteiger partial charge in [-0.3, -0.25) is 0 Å². The van der Waals surface area contributed by atoms with E-state index in [4.69, 9.17) is 0 Å². The fourth-order valence-corrected chi connectivity index (χ4v) is 19.4. The van der Waals surface area contributed by atoms with E-state index in [1.807, 2.05) is 45.3 Å². The first-order valence-electron chi connectivity index (χ1n) is 36.3. The summed E-state index contributed by atoms with van der Waals surface area (Å²) in [6.07, 6.45) is 0. The first-order valence-corrected chi connectivity index (χ1v) is 39.6. The van der Waals surface area contributed by atoms with Gasteiger partial charge in [0.15, 0.2) is 0 Å². The normalized spacial score (nSPS) is 11.1. The Morgan fingerprint density at radius 2 is 0.400 bits per heavy atom. The Morgan fingerprint density at radius 1 is 0.164 bits per heavy atom. The molecule has 0 saturated heterocycles. The van der Waals surface area contributed by atoms with Gasteiger partial charge in [-0.15, -0.1) is 45.3 Å². The summed E-state index contributed by atoms with van der Waals surface area (Å²) in [6, 6.07) is 149. The highest BCUT2D eigenvalue weighted by Gasteiger charge is 2.22. The first-order chi connectivity index (χ1) is 53.5. The summed E-state index contributed by atoms with van der Waals surface area (Å²) >= 11 is 7.41. The van der Waals surface area contributed by atoms with Crippen LogP contribution < -0.4 is 19.6 Å². The van der Waals surface area contributed by atoms with Gasteiger partial charge < -0.3 is 19.6 Å². The van der Waals surface area contributed by atoms with Gasteiger partial charge >= 0.3 is 0 Å². The molecular formula is C102H76N4S4. The number of nitrogens with zero attached hydrogens (tertiary/aromatic N) is 4. The van der Waals surface area contributed by atoms with Gasteiger partial charge in [0.1, 0.15) is 0 Å². The maximum atomic E-state index is 2.39. The second-order valence-electron chi connectivity index (χ2n) is 26.8. The largest absolute Gasteiger partial charge is 0.311 e. The van der Waals surface area contributed by atoms with Crippen molar-refractivity contribution in [3.05, 3.63) is 413 Å². The molecule has 20 aromatic rings. The van der Waals surface area contributed by atoms with E-state index in [-0.39, 0.29) is 14.9 Å². The van der Waals surface area contributed by atoms with E-state index in [1.165, 1.54) is 115 Å². The standard InChI is InChI=1S/C52H36N2S2.C48H32N2S2.2CH4/c1-3-13-43(14-4-1)53(47-31-23-39(24-32-47)51-35-41-11-7-9-17-49(41)55-51)45-27-19-37(20-28-45)38-21-29-46(30-22-38)54(44-15-5-2-6-16-44)48-33-25-40(26-34-48)52-36-42-12-8-10-18-50(42)56-52;1-3-13-35(14-4-1)49(43-21-11-19-41-39-17-7-9-23-45(39)51-47(41)43)37-29-25-33(26-30-37)34-27-31-38(32-28-34)50(36-15-5-2-6-16-36)44-22-12-20-42-40-18-8-10-24-46(40)52-48(42)44;;/h1-36H;1-32H;2*1H4. The predicted molar refractivity (Wildman–Crippen MR) is 483 cm³/mol. The lowest BCUT2D eigenvalue weighted by Crippen LogP contribution is -2.10. The molecule has 0 aliphatic rings. The van der Waals surface area contributed by atoms with Gasteiger partial charge in [-0.25, -0.2) is 0 Å². The molecule has 528 valence electrons. The van der Waals surface area contributed by atoms with Gasteiger partial charge in [-0.1, -0.05) is 258 Å². The molecule has 0 saturated carbocycles. The van der Waals surface area contributed by atoms with Crippen LogP contribution in [0.5, 0.6) is 0 Å². The van der Waals surface area contributed by atoms with Crippen LogP contribution in [0.25, 0.3) is 104 Å². The third-order valence-corrected chi connectivity index (χ3v) is 24.9. The lowest BCUT2D eigenvalue weighted by atomic mass is 10.0. The molecule has 0 aliphatic heterocycles. The first kappa shape index (κ1) is 70.1. The Balaban J connectivity index is 0.000000158. The Kier molecular flexibility index (Phi) is 19.8. The maximum Gasteiger partial charge on any atom is 0.0640 e. The second-order valence-corrected chi connectivity index (χ2v) is 31.0. The van der Waals surface area contributed by atoms with Gasteiger partial charge in [0.05, 0.1) is 20.8 Å². The Bertz CT molecular complexity index is 6050. The number of rotatable bonds is 16. The lowest BCUT2D eigenvalue weighted by Gasteiger charge is -2.26. The molecule has 0 bridgehead atoms. The predicted octanol–water partition coefficient (Wildman–Crippen LogP) is 32.4. The van der Waals surface area contributed by atoms with Crippen molar-refractivity contribution in [2.45, 2.75) is 14.9 Å². The number of anilines is 12. The monoisotopic (exact) mass is 1480 g/mol. The van der Waals surface area contributed by atoms with Crippen LogP contribution >= 0.6 is 45.3 Å².